The van der Waals surface area contributed by atoms with Crippen molar-refractivity contribution in [3.63, 3.8) is 0 Å². The summed E-state index contributed by atoms with van der Waals surface area (Å²) in [5.74, 6) is 0.898. The van der Waals surface area contributed by atoms with E-state index in [1.54, 1.807) is 0 Å². The van der Waals surface area contributed by atoms with Gasteiger partial charge in [0.25, 0.3) is 0 Å². The molecule has 0 aliphatic heterocycles. The van der Waals surface area contributed by atoms with Crippen molar-refractivity contribution in [2.45, 2.75) is 13.3 Å². The predicted octanol–water partition coefficient (Wildman–Crippen LogP) is 2.95. The molecule has 0 fully saturated rings. The second-order valence-electron chi connectivity index (χ2n) is 2.84. The highest BCUT2D eigenvalue weighted by Gasteiger charge is 1.97. The summed E-state index contributed by atoms with van der Waals surface area (Å²) in [6.07, 6.45) is 2.75. The molecular formula is C10H9BrN2. The number of fused-ring (bicyclic) bond motifs is 1. The third-order valence-electron chi connectivity index (χ3n) is 1.91. The maximum absolute atomic E-state index is 4.40. The molecule has 0 radical (unpaired) electrons. The molecule has 2 aromatic rings. The van der Waals surface area contributed by atoms with Gasteiger partial charge in [-0.15, -0.1) is 0 Å². The number of hydrogen-bond acceptors (Lipinski definition) is 2. The van der Waals surface area contributed by atoms with E-state index in [0.717, 1.165) is 27.6 Å². The van der Waals surface area contributed by atoms with Crippen LogP contribution in [0.25, 0.3) is 10.9 Å². The number of hydrogen-bond donors (Lipinski definition) is 0. The van der Waals surface area contributed by atoms with E-state index in [-0.39, 0.29) is 0 Å². The van der Waals surface area contributed by atoms with E-state index in [1.165, 1.54) is 0 Å². The van der Waals surface area contributed by atoms with Crippen LogP contribution in [-0.2, 0) is 6.42 Å². The van der Waals surface area contributed by atoms with Gasteiger partial charge in [0.15, 0.2) is 0 Å². The van der Waals surface area contributed by atoms with Crippen LogP contribution in [0.3, 0.4) is 0 Å². The second-order valence-corrected chi connectivity index (χ2v) is 3.76. The number of rotatable bonds is 1. The molecule has 1 heterocycles. The van der Waals surface area contributed by atoms with Crippen molar-refractivity contribution in [2.75, 3.05) is 0 Å². The highest BCUT2D eigenvalue weighted by molar-refractivity contribution is 9.10. The van der Waals surface area contributed by atoms with Gasteiger partial charge in [-0.05, 0) is 18.2 Å². The van der Waals surface area contributed by atoms with Gasteiger partial charge in [-0.3, -0.25) is 0 Å². The van der Waals surface area contributed by atoms with Crippen LogP contribution < -0.4 is 0 Å². The Kier molecular flexibility index (Phi) is 2.27. The van der Waals surface area contributed by atoms with E-state index < -0.39 is 0 Å². The third-order valence-corrected chi connectivity index (χ3v) is 2.40. The molecule has 2 nitrogen and oxygen atoms in total. The van der Waals surface area contributed by atoms with E-state index in [1.807, 2.05) is 24.4 Å². The van der Waals surface area contributed by atoms with Crippen molar-refractivity contribution < 1.29 is 0 Å². The topological polar surface area (TPSA) is 25.8 Å². The van der Waals surface area contributed by atoms with Crippen LogP contribution in [0.15, 0.2) is 28.9 Å². The average Bonchev–Trinajstić information content (AvgIpc) is 2.17. The Bertz CT molecular complexity index is 440. The van der Waals surface area contributed by atoms with Crippen LogP contribution in [0.4, 0.5) is 0 Å². The molecule has 13 heavy (non-hydrogen) atoms. The molecule has 0 unspecified atom stereocenters. The average molecular weight is 237 g/mol. The standard InChI is InChI=1S/C10H9BrN2/c1-2-10-12-6-7-5-8(11)3-4-9(7)13-10/h3-6H,2H2,1H3. The van der Waals surface area contributed by atoms with Gasteiger partial charge >= 0.3 is 0 Å². The highest BCUT2D eigenvalue weighted by Crippen LogP contribution is 2.17. The number of nitrogens with zero attached hydrogens (tertiary/aromatic N) is 2. The van der Waals surface area contributed by atoms with E-state index in [2.05, 4.69) is 32.8 Å². The van der Waals surface area contributed by atoms with Crippen LogP contribution in [0, 0.1) is 0 Å². The normalized spacial score (nSPS) is 10.6. The summed E-state index contributed by atoms with van der Waals surface area (Å²) in [7, 11) is 0. The monoisotopic (exact) mass is 236 g/mol. The molecule has 0 bridgehead atoms. The summed E-state index contributed by atoms with van der Waals surface area (Å²) in [6, 6.07) is 6.02. The minimum Gasteiger partial charge on any atom is -0.241 e. The lowest BCUT2D eigenvalue weighted by molar-refractivity contribution is 0.961. The summed E-state index contributed by atoms with van der Waals surface area (Å²) in [5.41, 5.74) is 1.01. The Hall–Kier alpha value is -0.960. The minimum absolute atomic E-state index is 0.881. The molecule has 0 atom stereocenters. The maximum Gasteiger partial charge on any atom is 0.128 e. The van der Waals surface area contributed by atoms with Crippen molar-refractivity contribution in [2.24, 2.45) is 0 Å². The zero-order valence-corrected chi connectivity index (χ0v) is 8.87. The number of aryl methyl sites for hydroxylation is 1. The molecule has 0 amide bonds. The van der Waals surface area contributed by atoms with E-state index in [4.69, 9.17) is 0 Å². The fraction of sp³-hybridized carbons (Fsp3) is 0.200. The van der Waals surface area contributed by atoms with Gasteiger partial charge in [-0.25, -0.2) is 9.97 Å². The van der Waals surface area contributed by atoms with Crippen molar-refractivity contribution >= 4 is 26.8 Å². The molecule has 0 N–H and O–H groups in total. The Morgan fingerprint density at radius 3 is 3.00 bits per heavy atom. The summed E-state index contributed by atoms with van der Waals surface area (Å²) >= 11 is 3.41. The first-order chi connectivity index (χ1) is 6.29. The molecule has 1 aromatic carbocycles. The molecule has 1 aromatic heterocycles. The van der Waals surface area contributed by atoms with Crippen molar-refractivity contribution in [1.82, 2.24) is 9.97 Å². The minimum atomic E-state index is 0.881. The van der Waals surface area contributed by atoms with Gasteiger partial charge in [0.2, 0.25) is 0 Å². The first kappa shape index (κ1) is 8.63. The highest BCUT2D eigenvalue weighted by atomic mass is 79.9. The lowest BCUT2D eigenvalue weighted by Gasteiger charge is -1.99. The summed E-state index contributed by atoms with van der Waals surface area (Å²) in [4.78, 5) is 8.64. The SMILES string of the molecule is CCc1ncc2cc(Br)ccc2n1. The van der Waals surface area contributed by atoms with E-state index in [9.17, 15) is 0 Å². The molecule has 0 spiro atoms. The zero-order chi connectivity index (χ0) is 9.26. The molecule has 0 aliphatic rings. The number of benzene rings is 1. The van der Waals surface area contributed by atoms with Crippen molar-refractivity contribution in [3.8, 4) is 0 Å². The van der Waals surface area contributed by atoms with Crippen molar-refractivity contribution in [3.05, 3.63) is 34.7 Å². The Morgan fingerprint density at radius 1 is 1.38 bits per heavy atom. The molecule has 3 heteroatoms. The Morgan fingerprint density at radius 2 is 2.23 bits per heavy atom. The predicted molar refractivity (Wildman–Crippen MR) is 56.6 cm³/mol. The molecule has 66 valence electrons. The first-order valence-corrected chi connectivity index (χ1v) is 5.00. The van der Waals surface area contributed by atoms with Gasteiger partial charge in [0, 0.05) is 22.5 Å². The zero-order valence-electron chi connectivity index (χ0n) is 7.29. The fourth-order valence-corrected chi connectivity index (χ4v) is 1.59. The van der Waals surface area contributed by atoms with E-state index in [0.29, 0.717) is 0 Å². The quantitative estimate of drug-likeness (QED) is 0.761. The molecular weight excluding hydrogens is 228 g/mol. The Labute approximate surface area is 85.1 Å². The summed E-state index contributed by atoms with van der Waals surface area (Å²) in [6.45, 7) is 2.06. The number of aromatic nitrogens is 2. The maximum atomic E-state index is 4.40. The van der Waals surface area contributed by atoms with Crippen LogP contribution >= 0.6 is 15.9 Å². The first-order valence-electron chi connectivity index (χ1n) is 4.21. The van der Waals surface area contributed by atoms with Crippen LogP contribution in [0.2, 0.25) is 0 Å². The van der Waals surface area contributed by atoms with E-state index >= 15 is 0 Å². The fourth-order valence-electron chi connectivity index (χ4n) is 1.21. The van der Waals surface area contributed by atoms with Crippen molar-refractivity contribution in [1.29, 1.82) is 0 Å². The lowest BCUT2D eigenvalue weighted by atomic mass is 10.2. The number of halogens is 1. The third kappa shape index (κ3) is 1.70. The molecule has 2 rings (SSSR count). The van der Waals surface area contributed by atoms with Crippen LogP contribution in [0.1, 0.15) is 12.7 Å². The van der Waals surface area contributed by atoms with Crippen LogP contribution in [-0.4, -0.2) is 9.97 Å². The summed E-state index contributed by atoms with van der Waals surface area (Å²) in [5, 5.41) is 1.08. The van der Waals surface area contributed by atoms with Gasteiger partial charge in [-0.2, -0.15) is 0 Å². The Balaban J connectivity index is 2.66. The van der Waals surface area contributed by atoms with Crippen LogP contribution in [0.5, 0.6) is 0 Å². The largest absolute Gasteiger partial charge is 0.241 e. The van der Waals surface area contributed by atoms with Gasteiger partial charge in [-0.1, -0.05) is 22.9 Å². The van der Waals surface area contributed by atoms with Gasteiger partial charge < -0.3 is 0 Å². The second kappa shape index (κ2) is 3.42. The smallest absolute Gasteiger partial charge is 0.128 e. The van der Waals surface area contributed by atoms with Gasteiger partial charge in [0.1, 0.15) is 5.82 Å². The lowest BCUT2D eigenvalue weighted by Crippen LogP contribution is -1.91. The summed E-state index contributed by atoms with van der Waals surface area (Å²) < 4.78 is 1.06. The molecule has 0 saturated carbocycles. The van der Waals surface area contributed by atoms with Gasteiger partial charge in [0.05, 0.1) is 5.52 Å². The molecule has 0 saturated heterocycles. The molecule has 0 aliphatic carbocycles.